The van der Waals surface area contributed by atoms with E-state index in [1.165, 1.54) is 17.8 Å². The predicted molar refractivity (Wildman–Crippen MR) is 56.9 cm³/mol. The van der Waals surface area contributed by atoms with Gasteiger partial charge in [0.2, 0.25) is 0 Å². The van der Waals surface area contributed by atoms with Gasteiger partial charge in [-0.3, -0.25) is 4.98 Å². The highest BCUT2D eigenvalue weighted by molar-refractivity contribution is 7.99. The smallest absolute Gasteiger partial charge is 0.171 e. The second-order valence-corrected chi connectivity index (χ2v) is 3.69. The van der Waals surface area contributed by atoms with E-state index >= 15 is 0 Å². The van der Waals surface area contributed by atoms with Gasteiger partial charge in [0.1, 0.15) is 0 Å². The summed E-state index contributed by atoms with van der Waals surface area (Å²) in [6, 6.07) is 3.33. The van der Waals surface area contributed by atoms with E-state index in [9.17, 15) is 10.2 Å². The molecule has 2 rings (SSSR count). The van der Waals surface area contributed by atoms with Crippen molar-refractivity contribution in [1.82, 2.24) is 4.98 Å². The highest BCUT2D eigenvalue weighted by Crippen LogP contribution is 2.40. The average Bonchev–Trinajstić information content (AvgIpc) is 2.20. The summed E-state index contributed by atoms with van der Waals surface area (Å²) in [7, 11) is 0. The fourth-order valence-electron chi connectivity index (χ4n) is 1.39. The fourth-order valence-corrected chi connectivity index (χ4v) is 2.10. The molecular weight excluding hydrogens is 198 g/mol. The Morgan fingerprint density at radius 1 is 1.36 bits per heavy atom. The molecular formula is C10H9NO2S. The van der Waals surface area contributed by atoms with Gasteiger partial charge in [0.15, 0.2) is 11.5 Å². The summed E-state index contributed by atoms with van der Waals surface area (Å²) in [5.41, 5.74) is 0. The van der Waals surface area contributed by atoms with Crippen molar-refractivity contribution in [1.29, 1.82) is 0 Å². The summed E-state index contributed by atoms with van der Waals surface area (Å²) in [5, 5.41) is 20.8. The zero-order chi connectivity index (χ0) is 10.1. The lowest BCUT2D eigenvalue weighted by Crippen LogP contribution is -1.81. The van der Waals surface area contributed by atoms with Crippen LogP contribution in [0.3, 0.4) is 0 Å². The maximum atomic E-state index is 9.60. The Morgan fingerprint density at radius 3 is 2.86 bits per heavy atom. The molecule has 0 spiro atoms. The number of aromatic hydroxyl groups is 2. The second-order valence-electron chi connectivity index (χ2n) is 2.87. The van der Waals surface area contributed by atoms with E-state index in [-0.39, 0.29) is 11.5 Å². The van der Waals surface area contributed by atoms with E-state index in [1.54, 1.807) is 12.4 Å². The Kier molecular flexibility index (Phi) is 2.21. The zero-order valence-electron chi connectivity index (χ0n) is 7.56. The Morgan fingerprint density at radius 2 is 2.14 bits per heavy atom. The standard InChI is InChI=1S/C10H9NO2S/c1-14-10-7-2-3-11-5-6(7)4-8(12)9(10)13/h2-5,12-13H,1H3. The summed E-state index contributed by atoms with van der Waals surface area (Å²) < 4.78 is 0. The Hall–Kier alpha value is -1.42. The van der Waals surface area contributed by atoms with Crippen LogP contribution in [-0.4, -0.2) is 21.5 Å². The molecule has 4 heteroatoms. The molecule has 0 aliphatic rings. The number of rotatable bonds is 1. The molecule has 0 atom stereocenters. The van der Waals surface area contributed by atoms with Crippen molar-refractivity contribution in [2.45, 2.75) is 4.90 Å². The minimum absolute atomic E-state index is 0.0591. The number of pyridine rings is 1. The molecule has 0 aliphatic carbocycles. The molecule has 2 N–H and O–H groups in total. The van der Waals surface area contributed by atoms with Crippen LogP contribution >= 0.6 is 11.8 Å². The third-order valence-corrected chi connectivity index (χ3v) is 2.87. The number of nitrogens with zero attached hydrogens (tertiary/aromatic N) is 1. The molecule has 0 unspecified atom stereocenters. The minimum atomic E-state index is -0.102. The first-order valence-corrected chi connectivity index (χ1v) is 5.29. The maximum absolute atomic E-state index is 9.60. The van der Waals surface area contributed by atoms with Crippen LogP contribution in [0.25, 0.3) is 10.8 Å². The normalized spacial score (nSPS) is 10.6. The van der Waals surface area contributed by atoms with Gasteiger partial charge in [0, 0.05) is 23.2 Å². The first-order chi connectivity index (χ1) is 6.74. The highest BCUT2D eigenvalue weighted by Gasteiger charge is 2.10. The number of thioether (sulfide) groups is 1. The quantitative estimate of drug-likeness (QED) is 0.556. The molecule has 2 aromatic rings. The van der Waals surface area contributed by atoms with E-state index in [0.717, 1.165) is 10.8 Å². The van der Waals surface area contributed by atoms with E-state index in [0.29, 0.717) is 4.90 Å². The Bertz CT molecular complexity index is 485. The van der Waals surface area contributed by atoms with Crippen molar-refractivity contribution in [3.05, 3.63) is 24.5 Å². The van der Waals surface area contributed by atoms with Gasteiger partial charge in [-0.15, -0.1) is 11.8 Å². The molecule has 0 saturated heterocycles. The van der Waals surface area contributed by atoms with Crippen molar-refractivity contribution < 1.29 is 10.2 Å². The number of aromatic nitrogens is 1. The van der Waals surface area contributed by atoms with Crippen molar-refractivity contribution in [3.63, 3.8) is 0 Å². The molecule has 0 aliphatic heterocycles. The monoisotopic (exact) mass is 207 g/mol. The number of hydrogen-bond acceptors (Lipinski definition) is 4. The SMILES string of the molecule is CSc1c(O)c(O)cc2cnccc12. The fraction of sp³-hybridized carbons (Fsp3) is 0.100. The number of phenols is 2. The molecule has 3 nitrogen and oxygen atoms in total. The molecule has 72 valence electrons. The largest absolute Gasteiger partial charge is 0.504 e. The lowest BCUT2D eigenvalue weighted by Gasteiger charge is -2.07. The van der Waals surface area contributed by atoms with Gasteiger partial charge in [-0.1, -0.05) is 0 Å². The van der Waals surface area contributed by atoms with Crippen molar-refractivity contribution in [2.24, 2.45) is 0 Å². The van der Waals surface area contributed by atoms with Crippen molar-refractivity contribution in [2.75, 3.05) is 6.26 Å². The molecule has 0 saturated carbocycles. The first kappa shape index (κ1) is 9.15. The average molecular weight is 207 g/mol. The van der Waals surface area contributed by atoms with Crippen molar-refractivity contribution in [3.8, 4) is 11.5 Å². The summed E-state index contributed by atoms with van der Waals surface area (Å²) in [6.07, 6.45) is 5.18. The van der Waals surface area contributed by atoms with Crippen LogP contribution in [0.1, 0.15) is 0 Å². The third-order valence-electron chi connectivity index (χ3n) is 2.05. The van der Waals surface area contributed by atoms with Crippen molar-refractivity contribution >= 4 is 22.5 Å². The number of fused-ring (bicyclic) bond motifs is 1. The van der Waals surface area contributed by atoms with Gasteiger partial charge in [-0.2, -0.15) is 0 Å². The van der Waals surface area contributed by atoms with Crippen LogP contribution < -0.4 is 0 Å². The second kappa shape index (κ2) is 3.38. The van der Waals surface area contributed by atoms with Crippen LogP contribution in [0.5, 0.6) is 11.5 Å². The molecule has 0 fully saturated rings. The van der Waals surface area contributed by atoms with Crippen LogP contribution in [0, 0.1) is 0 Å². The van der Waals surface area contributed by atoms with E-state index in [1.807, 2.05) is 12.3 Å². The zero-order valence-corrected chi connectivity index (χ0v) is 8.38. The number of benzene rings is 1. The van der Waals surface area contributed by atoms with Crippen LogP contribution in [0.2, 0.25) is 0 Å². The van der Waals surface area contributed by atoms with E-state index < -0.39 is 0 Å². The lowest BCUT2D eigenvalue weighted by molar-refractivity contribution is 0.397. The molecule has 1 heterocycles. The molecule has 0 amide bonds. The summed E-state index contributed by atoms with van der Waals surface area (Å²) in [5.74, 6) is -0.161. The first-order valence-electron chi connectivity index (χ1n) is 4.06. The van der Waals surface area contributed by atoms with Gasteiger partial charge in [-0.05, 0) is 18.4 Å². The van der Waals surface area contributed by atoms with Crippen LogP contribution in [0.4, 0.5) is 0 Å². The lowest BCUT2D eigenvalue weighted by atomic mass is 10.1. The summed E-state index contributed by atoms with van der Waals surface area (Å²) in [6.45, 7) is 0. The molecule has 14 heavy (non-hydrogen) atoms. The van der Waals surface area contributed by atoms with E-state index in [4.69, 9.17) is 0 Å². The third kappa shape index (κ3) is 1.28. The van der Waals surface area contributed by atoms with Crippen LogP contribution in [-0.2, 0) is 0 Å². The Balaban J connectivity index is 2.89. The molecule has 1 aromatic heterocycles. The van der Waals surface area contributed by atoms with Crippen LogP contribution in [0.15, 0.2) is 29.4 Å². The topological polar surface area (TPSA) is 53.4 Å². The Labute approximate surface area is 85.4 Å². The highest BCUT2D eigenvalue weighted by atomic mass is 32.2. The van der Waals surface area contributed by atoms with Gasteiger partial charge in [0.25, 0.3) is 0 Å². The van der Waals surface area contributed by atoms with Gasteiger partial charge >= 0.3 is 0 Å². The van der Waals surface area contributed by atoms with Gasteiger partial charge in [0.05, 0.1) is 4.90 Å². The summed E-state index contributed by atoms with van der Waals surface area (Å²) in [4.78, 5) is 4.64. The van der Waals surface area contributed by atoms with E-state index in [2.05, 4.69) is 4.98 Å². The summed E-state index contributed by atoms with van der Waals surface area (Å²) >= 11 is 1.40. The predicted octanol–water partition coefficient (Wildman–Crippen LogP) is 2.37. The molecule has 1 aromatic carbocycles. The maximum Gasteiger partial charge on any atom is 0.171 e. The number of phenolic OH excluding ortho intramolecular Hbond substituents is 2. The molecule has 0 bridgehead atoms. The van der Waals surface area contributed by atoms with Gasteiger partial charge < -0.3 is 10.2 Å². The number of hydrogen-bond donors (Lipinski definition) is 2. The molecule has 0 radical (unpaired) electrons. The minimum Gasteiger partial charge on any atom is -0.504 e. The van der Waals surface area contributed by atoms with Gasteiger partial charge in [-0.25, -0.2) is 0 Å².